The molecule has 1 heterocycles. The van der Waals surface area contributed by atoms with Crippen molar-refractivity contribution in [1.82, 2.24) is 4.98 Å². The number of aromatic nitrogens is 1. The number of para-hydroxylation sites is 1. The average Bonchev–Trinajstić information content (AvgIpc) is 2.90. The largest absolute Gasteiger partial charge is 0.496 e. The van der Waals surface area contributed by atoms with Crippen LogP contribution in [0.15, 0.2) is 48.5 Å². The summed E-state index contributed by atoms with van der Waals surface area (Å²) in [6.07, 6.45) is 0. The third-order valence-electron chi connectivity index (χ3n) is 3.24. The minimum Gasteiger partial charge on any atom is -0.496 e. The molecule has 3 aromatic rings. The molecule has 1 aromatic heterocycles. The molecule has 0 spiro atoms. The van der Waals surface area contributed by atoms with Crippen molar-refractivity contribution in [2.75, 3.05) is 7.11 Å². The number of benzene rings is 2. The van der Waals surface area contributed by atoms with E-state index in [4.69, 9.17) is 4.74 Å². The zero-order chi connectivity index (χ0) is 14.8. The van der Waals surface area contributed by atoms with Crippen molar-refractivity contribution in [3.05, 3.63) is 60.0 Å². The quantitative estimate of drug-likeness (QED) is 0.684. The Balaban J connectivity index is 2.07. The Morgan fingerprint density at radius 3 is 2.48 bits per heavy atom. The zero-order valence-corrected chi connectivity index (χ0v) is 12.6. The van der Waals surface area contributed by atoms with Crippen LogP contribution in [0.4, 0.5) is 4.39 Å². The lowest BCUT2D eigenvalue weighted by Crippen LogP contribution is -1.86. The lowest BCUT2D eigenvalue weighted by molar-refractivity contribution is 0.416. The van der Waals surface area contributed by atoms with Crippen LogP contribution < -0.4 is 4.74 Å². The van der Waals surface area contributed by atoms with E-state index in [0.717, 1.165) is 32.5 Å². The molecule has 0 radical (unpaired) electrons. The summed E-state index contributed by atoms with van der Waals surface area (Å²) in [5, 5.41) is 0.907. The van der Waals surface area contributed by atoms with Gasteiger partial charge < -0.3 is 4.74 Å². The highest BCUT2D eigenvalue weighted by molar-refractivity contribution is 7.18. The summed E-state index contributed by atoms with van der Waals surface area (Å²) in [6, 6.07) is 14.3. The Labute approximate surface area is 126 Å². The second-order valence-electron chi connectivity index (χ2n) is 4.64. The predicted octanol–water partition coefficient (Wildman–Crippen LogP) is 4.93. The lowest BCUT2D eigenvalue weighted by Gasteiger charge is -2.04. The van der Waals surface area contributed by atoms with Crippen molar-refractivity contribution in [1.29, 1.82) is 0 Å². The van der Waals surface area contributed by atoms with Gasteiger partial charge in [-0.1, -0.05) is 24.3 Å². The molecule has 106 valence electrons. The molecule has 0 unspecified atom stereocenters. The molecule has 0 saturated carbocycles. The molecule has 0 aliphatic heterocycles. The summed E-state index contributed by atoms with van der Waals surface area (Å²) in [5.41, 5.74) is 2.89. The number of methoxy groups -OCH3 is 1. The fourth-order valence-corrected chi connectivity index (χ4v) is 3.30. The van der Waals surface area contributed by atoms with Gasteiger partial charge in [0.15, 0.2) is 0 Å². The van der Waals surface area contributed by atoms with Crippen LogP contribution in [0.3, 0.4) is 0 Å². The van der Waals surface area contributed by atoms with Crippen molar-refractivity contribution >= 4 is 11.3 Å². The highest BCUT2D eigenvalue weighted by atomic mass is 32.1. The lowest BCUT2D eigenvalue weighted by atomic mass is 10.1. The SMILES string of the molecule is COc1ccccc1-c1nc(C)c(-c2ccc(F)cc2)s1. The Bertz CT molecular complexity index is 765. The predicted molar refractivity (Wildman–Crippen MR) is 84.2 cm³/mol. The normalized spacial score (nSPS) is 10.6. The number of rotatable bonds is 3. The van der Waals surface area contributed by atoms with E-state index in [1.54, 1.807) is 30.6 Å². The van der Waals surface area contributed by atoms with Crippen molar-refractivity contribution in [2.45, 2.75) is 6.92 Å². The van der Waals surface area contributed by atoms with Gasteiger partial charge >= 0.3 is 0 Å². The molecule has 0 saturated heterocycles. The number of hydrogen-bond acceptors (Lipinski definition) is 3. The molecule has 0 amide bonds. The van der Waals surface area contributed by atoms with Crippen molar-refractivity contribution in [2.24, 2.45) is 0 Å². The fraction of sp³-hybridized carbons (Fsp3) is 0.118. The third-order valence-corrected chi connectivity index (χ3v) is 4.48. The summed E-state index contributed by atoms with van der Waals surface area (Å²) >= 11 is 1.59. The van der Waals surface area contributed by atoms with Crippen LogP contribution >= 0.6 is 11.3 Å². The molecule has 0 bridgehead atoms. The topological polar surface area (TPSA) is 22.1 Å². The maximum atomic E-state index is 13.0. The molecule has 4 heteroatoms. The molecule has 0 aliphatic carbocycles. The van der Waals surface area contributed by atoms with E-state index in [2.05, 4.69) is 4.98 Å². The van der Waals surface area contributed by atoms with Crippen LogP contribution in [0, 0.1) is 12.7 Å². The van der Waals surface area contributed by atoms with Crippen molar-refractivity contribution < 1.29 is 9.13 Å². The van der Waals surface area contributed by atoms with E-state index in [9.17, 15) is 4.39 Å². The first-order valence-electron chi connectivity index (χ1n) is 6.56. The number of nitrogens with zero attached hydrogens (tertiary/aromatic N) is 1. The first-order valence-corrected chi connectivity index (χ1v) is 7.37. The van der Waals surface area contributed by atoms with Crippen molar-refractivity contribution in [3.63, 3.8) is 0 Å². The third kappa shape index (κ3) is 2.67. The smallest absolute Gasteiger partial charge is 0.129 e. The Hall–Kier alpha value is -2.20. The van der Waals surface area contributed by atoms with E-state index in [0.29, 0.717) is 0 Å². The van der Waals surface area contributed by atoms with Gasteiger partial charge in [0.05, 0.1) is 23.2 Å². The molecule has 0 fully saturated rings. The first-order chi connectivity index (χ1) is 10.2. The van der Waals surface area contributed by atoms with Crippen LogP contribution in [0.1, 0.15) is 5.69 Å². The van der Waals surface area contributed by atoms with Crippen LogP contribution in [-0.2, 0) is 0 Å². The van der Waals surface area contributed by atoms with Gasteiger partial charge in [0.2, 0.25) is 0 Å². The van der Waals surface area contributed by atoms with E-state index in [-0.39, 0.29) is 5.82 Å². The van der Waals surface area contributed by atoms with E-state index < -0.39 is 0 Å². The number of thiazole rings is 1. The molecule has 21 heavy (non-hydrogen) atoms. The number of hydrogen-bond donors (Lipinski definition) is 0. The molecule has 0 atom stereocenters. The van der Waals surface area contributed by atoms with Crippen molar-refractivity contribution in [3.8, 4) is 26.8 Å². The Kier molecular flexibility index (Phi) is 3.71. The monoisotopic (exact) mass is 299 g/mol. The summed E-state index contributed by atoms with van der Waals surface area (Å²) in [5.74, 6) is 0.572. The van der Waals surface area contributed by atoms with Crippen LogP contribution in [-0.4, -0.2) is 12.1 Å². The van der Waals surface area contributed by atoms with Gasteiger partial charge in [0, 0.05) is 0 Å². The molecule has 3 rings (SSSR count). The number of aryl methyl sites for hydroxylation is 1. The highest BCUT2D eigenvalue weighted by Crippen LogP contribution is 2.38. The Morgan fingerprint density at radius 2 is 1.76 bits per heavy atom. The summed E-state index contributed by atoms with van der Waals surface area (Å²) < 4.78 is 18.4. The van der Waals surface area contributed by atoms with Gasteiger partial charge in [0.1, 0.15) is 16.6 Å². The number of halogens is 1. The van der Waals surface area contributed by atoms with Crippen LogP contribution in [0.25, 0.3) is 21.0 Å². The minimum absolute atomic E-state index is 0.231. The van der Waals surface area contributed by atoms with E-state index in [1.807, 2.05) is 31.2 Å². The van der Waals surface area contributed by atoms with Gasteiger partial charge in [0.25, 0.3) is 0 Å². The van der Waals surface area contributed by atoms with Gasteiger partial charge in [-0.05, 0) is 36.8 Å². The molecular weight excluding hydrogens is 285 g/mol. The first kappa shape index (κ1) is 13.8. The van der Waals surface area contributed by atoms with Crippen LogP contribution in [0.2, 0.25) is 0 Å². The molecule has 2 aromatic carbocycles. The second-order valence-corrected chi connectivity index (χ2v) is 5.64. The summed E-state index contributed by atoms with van der Waals surface area (Å²) in [7, 11) is 1.65. The van der Waals surface area contributed by atoms with Gasteiger partial charge in [-0.25, -0.2) is 9.37 Å². The number of ether oxygens (including phenoxy) is 1. The van der Waals surface area contributed by atoms with E-state index in [1.165, 1.54) is 12.1 Å². The van der Waals surface area contributed by atoms with Crippen LogP contribution in [0.5, 0.6) is 5.75 Å². The fourth-order valence-electron chi connectivity index (χ4n) is 2.20. The highest BCUT2D eigenvalue weighted by Gasteiger charge is 2.14. The zero-order valence-electron chi connectivity index (χ0n) is 11.8. The van der Waals surface area contributed by atoms with Gasteiger partial charge in [-0.2, -0.15) is 0 Å². The average molecular weight is 299 g/mol. The maximum absolute atomic E-state index is 13.0. The maximum Gasteiger partial charge on any atom is 0.129 e. The van der Waals surface area contributed by atoms with Gasteiger partial charge in [-0.3, -0.25) is 0 Å². The molecular formula is C17H14FNOS. The Morgan fingerprint density at radius 1 is 1.05 bits per heavy atom. The van der Waals surface area contributed by atoms with Gasteiger partial charge in [-0.15, -0.1) is 11.3 Å². The molecule has 0 N–H and O–H groups in total. The standard InChI is InChI=1S/C17H14FNOS/c1-11-16(12-7-9-13(18)10-8-12)21-17(19-11)14-5-3-4-6-15(14)20-2/h3-10H,1-2H3. The minimum atomic E-state index is -0.231. The molecule has 0 aliphatic rings. The summed E-state index contributed by atoms with van der Waals surface area (Å²) in [6.45, 7) is 1.97. The summed E-state index contributed by atoms with van der Waals surface area (Å²) in [4.78, 5) is 5.68. The van der Waals surface area contributed by atoms with E-state index >= 15 is 0 Å². The second kappa shape index (κ2) is 5.66. The molecule has 2 nitrogen and oxygen atoms in total.